The van der Waals surface area contributed by atoms with Gasteiger partial charge in [0.2, 0.25) is 5.37 Å². The van der Waals surface area contributed by atoms with Crippen molar-refractivity contribution in [2.45, 2.75) is 23.1 Å². The minimum Gasteiger partial charge on any atom is -0.614 e. The van der Waals surface area contributed by atoms with Gasteiger partial charge in [0.05, 0.1) is 0 Å². The van der Waals surface area contributed by atoms with Crippen LogP contribution in [0.3, 0.4) is 0 Å². The number of carbonyl (C=O) groups is 3. The lowest BCUT2D eigenvalue weighted by Gasteiger charge is -2.49. The van der Waals surface area contributed by atoms with Crippen molar-refractivity contribution in [1.82, 2.24) is 15.2 Å². The van der Waals surface area contributed by atoms with Gasteiger partial charge in [-0.3, -0.25) is 14.5 Å². The first kappa shape index (κ1) is 42.6. The second-order valence-corrected chi connectivity index (χ2v) is 17.5. The topological polar surface area (TPSA) is 145 Å². The van der Waals surface area contributed by atoms with Gasteiger partial charge in [-0.2, -0.15) is 0 Å². The van der Waals surface area contributed by atoms with Crippen LogP contribution in [0.1, 0.15) is 39.6 Å². The normalized spacial score (nSPS) is 17.5. The zero-order chi connectivity index (χ0) is 43.1. The van der Waals surface area contributed by atoms with E-state index < -0.39 is 52.0 Å². The summed E-state index contributed by atoms with van der Waals surface area (Å²) in [7, 11) is 0. The van der Waals surface area contributed by atoms with Gasteiger partial charge in [0.15, 0.2) is 23.0 Å². The number of aromatic nitrogens is 1. The van der Waals surface area contributed by atoms with E-state index in [0.29, 0.717) is 15.1 Å². The van der Waals surface area contributed by atoms with E-state index in [4.69, 9.17) is 14.6 Å². The number of hydrogen-bond acceptors (Lipinski definition) is 10. The molecule has 0 spiro atoms. The SMILES string of the molecule is C=CCON=C(C(=O)NC1C(=O)N2C(C(=O)OC(c3ccccc3)c3ccccc3)=C(CI)C[S+]([O-])[C@@H]12)c1csc(NC(c2ccccc2)(c2ccccc2)c2ccccc2)n1. The van der Waals surface area contributed by atoms with E-state index in [1.165, 1.54) is 22.3 Å². The lowest BCUT2D eigenvalue weighted by Crippen LogP contribution is -2.75. The van der Waals surface area contributed by atoms with E-state index in [2.05, 4.69) is 45.0 Å². The first-order valence-corrected chi connectivity index (χ1v) is 23.4. The number of rotatable bonds is 16. The molecule has 62 heavy (non-hydrogen) atoms. The van der Waals surface area contributed by atoms with Crippen molar-refractivity contribution in [2.75, 3.05) is 22.1 Å². The highest BCUT2D eigenvalue weighted by Crippen LogP contribution is 2.42. The van der Waals surface area contributed by atoms with Gasteiger partial charge in [0.25, 0.3) is 11.8 Å². The molecule has 1 fully saturated rings. The third kappa shape index (κ3) is 8.55. The third-order valence-electron chi connectivity index (χ3n) is 10.5. The maximum Gasteiger partial charge on any atom is 0.356 e. The van der Waals surface area contributed by atoms with Gasteiger partial charge < -0.3 is 24.8 Å². The van der Waals surface area contributed by atoms with Gasteiger partial charge in [0, 0.05) is 15.4 Å². The molecule has 2 amide bonds. The Hall–Kier alpha value is -6.07. The summed E-state index contributed by atoms with van der Waals surface area (Å²) in [5.41, 5.74) is 4.01. The molecule has 312 valence electrons. The van der Waals surface area contributed by atoms with Crippen molar-refractivity contribution in [3.8, 4) is 0 Å². The third-order valence-corrected chi connectivity index (χ3v) is 13.8. The van der Waals surface area contributed by atoms with Crippen LogP contribution in [0.5, 0.6) is 0 Å². The number of β-lactam (4-membered cyclic amide) rings is 1. The summed E-state index contributed by atoms with van der Waals surface area (Å²) in [6.45, 7) is 3.68. The summed E-state index contributed by atoms with van der Waals surface area (Å²) in [6, 6.07) is 47.5. The zero-order valence-corrected chi connectivity index (χ0v) is 36.9. The number of carbonyl (C=O) groups excluding carboxylic acids is 3. The predicted octanol–water partition coefficient (Wildman–Crippen LogP) is 7.89. The number of nitrogens with zero attached hydrogens (tertiary/aromatic N) is 3. The largest absolute Gasteiger partial charge is 0.614 e. The zero-order valence-electron chi connectivity index (χ0n) is 33.1. The summed E-state index contributed by atoms with van der Waals surface area (Å²) in [5.74, 6) is -2.09. The summed E-state index contributed by atoms with van der Waals surface area (Å²) in [4.78, 5) is 54.0. The first-order valence-electron chi connectivity index (χ1n) is 19.7. The van der Waals surface area contributed by atoms with E-state index in [1.807, 2.05) is 152 Å². The van der Waals surface area contributed by atoms with E-state index in [0.717, 1.165) is 27.8 Å². The molecule has 8 rings (SSSR count). The molecule has 3 atom stereocenters. The van der Waals surface area contributed by atoms with Crippen LogP contribution >= 0.6 is 33.9 Å². The Morgan fingerprint density at radius 1 is 0.887 bits per heavy atom. The quantitative estimate of drug-likeness (QED) is 0.00953. The second kappa shape index (κ2) is 19.3. The number of amides is 2. The molecule has 2 unspecified atom stereocenters. The van der Waals surface area contributed by atoms with Crippen molar-refractivity contribution in [3.05, 3.63) is 214 Å². The summed E-state index contributed by atoms with van der Waals surface area (Å²) < 4.78 is 20.3. The van der Waals surface area contributed by atoms with Gasteiger partial charge in [0.1, 0.15) is 29.3 Å². The van der Waals surface area contributed by atoms with Crippen LogP contribution in [0.2, 0.25) is 0 Å². The van der Waals surface area contributed by atoms with Crippen molar-refractivity contribution < 1.29 is 28.5 Å². The lowest BCUT2D eigenvalue weighted by molar-refractivity contribution is -0.154. The van der Waals surface area contributed by atoms with Crippen LogP contribution in [0.15, 0.2) is 186 Å². The predicted molar refractivity (Wildman–Crippen MR) is 250 cm³/mol. The van der Waals surface area contributed by atoms with Crippen molar-refractivity contribution >= 4 is 73.7 Å². The summed E-state index contributed by atoms with van der Waals surface area (Å²) >= 11 is 1.70. The summed E-state index contributed by atoms with van der Waals surface area (Å²) in [6.07, 6.45) is 0.716. The van der Waals surface area contributed by atoms with E-state index in [9.17, 15) is 18.9 Å². The fourth-order valence-corrected chi connectivity index (χ4v) is 11.1. The average molecular weight is 974 g/mol. The molecule has 1 aromatic heterocycles. The Kier molecular flexibility index (Phi) is 13.3. The van der Waals surface area contributed by atoms with Gasteiger partial charge >= 0.3 is 5.97 Å². The number of halogens is 1. The molecular formula is C48H40IN5O6S2. The molecule has 0 radical (unpaired) electrons. The Morgan fingerprint density at radius 2 is 1.40 bits per heavy atom. The number of fused-ring (bicyclic) bond motifs is 1. The van der Waals surface area contributed by atoms with Crippen LogP contribution in [0, 0.1) is 0 Å². The highest BCUT2D eigenvalue weighted by atomic mass is 127. The number of anilines is 1. The van der Waals surface area contributed by atoms with Gasteiger partial charge in [-0.05, 0) is 39.0 Å². The number of alkyl halides is 1. The first-order chi connectivity index (χ1) is 30.3. The molecule has 0 saturated carbocycles. The van der Waals surface area contributed by atoms with Crippen molar-refractivity contribution in [2.24, 2.45) is 5.16 Å². The lowest BCUT2D eigenvalue weighted by atomic mass is 9.77. The molecule has 1 saturated heterocycles. The number of thiazole rings is 1. The molecular weight excluding hydrogens is 934 g/mol. The Balaban J connectivity index is 1.07. The van der Waals surface area contributed by atoms with Gasteiger partial charge in [-0.15, -0.1) is 11.3 Å². The monoisotopic (exact) mass is 973 g/mol. The molecule has 0 aliphatic carbocycles. The molecule has 2 aliphatic rings. The highest BCUT2D eigenvalue weighted by Gasteiger charge is 2.61. The number of oxime groups is 1. The average Bonchev–Trinajstić information content (AvgIpc) is 3.79. The number of benzene rings is 5. The number of hydrogen-bond donors (Lipinski definition) is 2. The molecule has 0 bridgehead atoms. The molecule has 5 aromatic carbocycles. The standard InChI is InChI=1S/C48H40IN5O6S2/c1-2-28-59-53-39(38-30-61-47(50-38)52-48(35-22-12-5-13-23-35,36-24-14-6-15-25-36)37-26-16-7-17-27-37)43(55)51-40-44(56)54-41(34(29-49)31-62(58)45(40)54)46(57)60-42(32-18-8-3-9-19-32)33-20-10-4-11-21-33/h2-27,30,40,42,45H,1,28-29,31H2,(H,50,52)(H,51,55)/t40?,45-,62?/m0/s1. The van der Waals surface area contributed by atoms with Crippen LogP contribution in [0.4, 0.5) is 5.13 Å². The Morgan fingerprint density at radius 3 is 1.90 bits per heavy atom. The van der Waals surface area contributed by atoms with Crippen LogP contribution in [-0.2, 0) is 40.7 Å². The summed E-state index contributed by atoms with van der Waals surface area (Å²) in [5, 5.41) is 11.7. The van der Waals surface area contributed by atoms with Crippen molar-refractivity contribution in [1.29, 1.82) is 0 Å². The second-order valence-electron chi connectivity index (χ2n) is 14.3. The molecule has 14 heteroatoms. The molecule has 2 N–H and O–H groups in total. The van der Waals surface area contributed by atoms with E-state index in [1.54, 1.807) is 5.38 Å². The Bertz CT molecular complexity index is 2460. The molecule has 3 heterocycles. The fraction of sp³-hybridized carbons (Fsp3) is 0.146. The minimum absolute atomic E-state index is 0.00373. The van der Waals surface area contributed by atoms with Crippen LogP contribution in [0.25, 0.3) is 0 Å². The minimum atomic E-state index is -1.66. The number of esters is 1. The van der Waals surface area contributed by atoms with E-state index in [-0.39, 0.29) is 29.5 Å². The van der Waals surface area contributed by atoms with Gasteiger partial charge in [-0.25, -0.2) is 9.78 Å². The maximum atomic E-state index is 14.2. The maximum absolute atomic E-state index is 14.2. The van der Waals surface area contributed by atoms with Crippen LogP contribution in [-0.4, -0.2) is 66.1 Å². The Labute approximate surface area is 379 Å². The smallest absolute Gasteiger partial charge is 0.356 e. The molecule has 2 aliphatic heterocycles. The molecule has 11 nitrogen and oxygen atoms in total. The van der Waals surface area contributed by atoms with Crippen molar-refractivity contribution in [3.63, 3.8) is 0 Å². The molecule has 6 aromatic rings. The number of nitrogens with one attached hydrogen (secondary N) is 2. The fourth-order valence-electron chi connectivity index (χ4n) is 7.64. The van der Waals surface area contributed by atoms with E-state index >= 15 is 0 Å². The highest BCUT2D eigenvalue weighted by molar-refractivity contribution is 14.1. The van der Waals surface area contributed by atoms with Crippen LogP contribution < -0.4 is 10.6 Å². The number of ether oxygens (including phenoxy) is 1. The van der Waals surface area contributed by atoms with Gasteiger partial charge in [-0.1, -0.05) is 192 Å².